The van der Waals surface area contributed by atoms with Gasteiger partial charge in [-0.05, 0) is 19.2 Å². The van der Waals surface area contributed by atoms with E-state index in [2.05, 4.69) is 10.2 Å². The molecule has 1 aromatic carbocycles. The number of aliphatic hydroxyl groups is 2. The highest BCUT2D eigenvalue weighted by Gasteiger charge is 2.29. The van der Waals surface area contributed by atoms with E-state index >= 15 is 0 Å². The Bertz CT molecular complexity index is 586. The molecule has 0 radical (unpaired) electrons. The lowest BCUT2D eigenvalue weighted by Crippen LogP contribution is -2.47. The Morgan fingerprint density at radius 2 is 1.86 bits per heavy atom. The lowest BCUT2D eigenvalue weighted by Gasteiger charge is -2.32. The van der Waals surface area contributed by atoms with E-state index in [0.29, 0.717) is 31.9 Å². The standard InChI is InChI=1S/C14H23N3O4S/c1-16-6-8-17(9-7-16)22(20,21)14-5-3-2-4-13(14)15-10-12(19)11-18/h2-5,12,15,18-19H,6-11H2,1H3. The second-order valence-electron chi connectivity index (χ2n) is 5.42. The van der Waals surface area contributed by atoms with Gasteiger partial charge in [-0.2, -0.15) is 4.31 Å². The van der Waals surface area contributed by atoms with Crippen LogP contribution in [0.5, 0.6) is 0 Å². The number of nitrogens with one attached hydrogen (secondary N) is 1. The zero-order valence-corrected chi connectivity index (χ0v) is 13.5. The fourth-order valence-corrected chi connectivity index (χ4v) is 3.89. The van der Waals surface area contributed by atoms with Gasteiger partial charge in [0.1, 0.15) is 4.90 Å². The number of anilines is 1. The number of aliphatic hydroxyl groups excluding tert-OH is 2. The van der Waals surface area contributed by atoms with Crippen LogP contribution in [0.25, 0.3) is 0 Å². The summed E-state index contributed by atoms with van der Waals surface area (Å²) in [6.45, 7) is 2.06. The maximum Gasteiger partial charge on any atom is 0.245 e. The summed E-state index contributed by atoms with van der Waals surface area (Å²) in [7, 11) is -1.60. The average molecular weight is 329 g/mol. The monoisotopic (exact) mass is 329 g/mol. The van der Waals surface area contributed by atoms with Crippen LogP contribution in [0, 0.1) is 0 Å². The molecule has 0 aromatic heterocycles. The quantitative estimate of drug-likeness (QED) is 0.645. The molecule has 0 spiro atoms. The van der Waals surface area contributed by atoms with Crippen molar-refractivity contribution in [3.63, 3.8) is 0 Å². The van der Waals surface area contributed by atoms with Gasteiger partial charge in [0, 0.05) is 32.7 Å². The van der Waals surface area contributed by atoms with Gasteiger partial charge in [-0.25, -0.2) is 8.42 Å². The average Bonchev–Trinajstić information content (AvgIpc) is 2.53. The van der Waals surface area contributed by atoms with Crippen LogP contribution in [0.4, 0.5) is 5.69 Å². The molecule has 1 atom stereocenters. The van der Waals surface area contributed by atoms with Crippen LogP contribution < -0.4 is 5.32 Å². The summed E-state index contributed by atoms with van der Waals surface area (Å²) in [5.41, 5.74) is 0.439. The minimum absolute atomic E-state index is 0.0891. The lowest BCUT2D eigenvalue weighted by molar-refractivity contribution is 0.105. The number of nitrogens with zero attached hydrogens (tertiary/aromatic N) is 2. The van der Waals surface area contributed by atoms with Gasteiger partial charge in [-0.1, -0.05) is 12.1 Å². The molecule has 22 heavy (non-hydrogen) atoms. The molecule has 1 heterocycles. The Labute approximate surface area is 131 Å². The van der Waals surface area contributed by atoms with Crippen LogP contribution in [-0.4, -0.2) is 80.3 Å². The third kappa shape index (κ3) is 3.96. The van der Waals surface area contributed by atoms with E-state index in [1.807, 2.05) is 7.05 Å². The van der Waals surface area contributed by atoms with Crippen molar-refractivity contribution in [1.82, 2.24) is 9.21 Å². The molecule has 124 valence electrons. The molecule has 1 saturated heterocycles. The van der Waals surface area contributed by atoms with E-state index < -0.39 is 16.1 Å². The third-order valence-electron chi connectivity index (χ3n) is 3.71. The SMILES string of the molecule is CN1CCN(S(=O)(=O)c2ccccc2NCC(O)CO)CC1. The molecule has 1 unspecified atom stereocenters. The number of likely N-dealkylation sites (N-methyl/N-ethyl adjacent to an activating group) is 1. The first-order chi connectivity index (χ1) is 10.4. The summed E-state index contributed by atoms with van der Waals surface area (Å²) in [5, 5.41) is 21.2. The number of hydrogen-bond acceptors (Lipinski definition) is 6. The van der Waals surface area contributed by atoms with E-state index in [0.717, 1.165) is 0 Å². The van der Waals surface area contributed by atoms with E-state index in [4.69, 9.17) is 5.11 Å². The number of benzene rings is 1. The third-order valence-corrected chi connectivity index (χ3v) is 5.66. The Balaban J connectivity index is 2.20. The van der Waals surface area contributed by atoms with Gasteiger partial charge in [0.2, 0.25) is 10.0 Å². The van der Waals surface area contributed by atoms with Gasteiger partial charge in [0.25, 0.3) is 0 Å². The summed E-state index contributed by atoms with van der Waals surface area (Å²) in [4.78, 5) is 2.29. The molecule has 3 N–H and O–H groups in total. The first-order valence-corrected chi connectivity index (χ1v) is 8.69. The summed E-state index contributed by atoms with van der Waals surface area (Å²) in [5.74, 6) is 0. The molecule has 1 fully saturated rings. The van der Waals surface area contributed by atoms with Crippen molar-refractivity contribution in [3.05, 3.63) is 24.3 Å². The second-order valence-corrected chi connectivity index (χ2v) is 7.33. The minimum atomic E-state index is -3.57. The van der Waals surface area contributed by atoms with E-state index in [9.17, 15) is 13.5 Å². The van der Waals surface area contributed by atoms with E-state index in [1.54, 1.807) is 24.3 Å². The zero-order valence-electron chi connectivity index (χ0n) is 12.6. The first kappa shape index (κ1) is 17.2. The smallest absolute Gasteiger partial charge is 0.245 e. The molecule has 7 nitrogen and oxygen atoms in total. The number of para-hydroxylation sites is 1. The van der Waals surface area contributed by atoms with Crippen LogP contribution in [0.2, 0.25) is 0 Å². The second kappa shape index (κ2) is 7.38. The number of sulfonamides is 1. The number of piperazine rings is 1. The first-order valence-electron chi connectivity index (χ1n) is 7.25. The molecule has 1 aliphatic heterocycles. The van der Waals surface area contributed by atoms with Gasteiger partial charge < -0.3 is 20.4 Å². The minimum Gasteiger partial charge on any atom is -0.394 e. The molecule has 0 aliphatic carbocycles. The largest absolute Gasteiger partial charge is 0.394 e. The molecule has 1 aromatic rings. The Morgan fingerprint density at radius 3 is 2.50 bits per heavy atom. The molecule has 2 rings (SSSR count). The maximum atomic E-state index is 12.8. The van der Waals surface area contributed by atoms with Crippen LogP contribution >= 0.6 is 0 Å². The van der Waals surface area contributed by atoms with Crippen molar-refractivity contribution in [1.29, 1.82) is 0 Å². The number of rotatable bonds is 6. The highest BCUT2D eigenvalue weighted by atomic mass is 32.2. The van der Waals surface area contributed by atoms with Crippen LogP contribution in [-0.2, 0) is 10.0 Å². The van der Waals surface area contributed by atoms with Crippen LogP contribution in [0.1, 0.15) is 0 Å². The summed E-state index contributed by atoms with van der Waals surface area (Å²) >= 11 is 0. The van der Waals surface area contributed by atoms with Gasteiger partial charge in [-0.3, -0.25) is 0 Å². The summed E-state index contributed by atoms with van der Waals surface area (Å²) in [6, 6.07) is 6.63. The van der Waals surface area contributed by atoms with Crippen molar-refractivity contribution < 1.29 is 18.6 Å². The molecular weight excluding hydrogens is 306 g/mol. The van der Waals surface area contributed by atoms with Gasteiger partial charge in [-0.15, -0.1) is 0 Å². The van der Waals surface area contributed by atoms with Crippen molar-refractivity contribution >= 4 is 15.7 Å². The van der Waals surface area contributed by atoms with Crippen LogP contribution in [0.15, 0.2) is 29.2 Å². The Kier molecular flexibility index (Phi) is 5.76. The fraction of sp³-hybridized carbons (Fsp3) is 0.571. The van der Waals surface area contributed by atoms with E-state index in [-0.39, 0.29) is 18.0 Å². The van der Waals surface area contributed by atoms with Crippen molar-refractivity contribution in [3.8, 4) is 0 Å². The summed E-state index contributed by atoms with van der Waals surface area (Å²) in [6.07, 6.45) is -0.931. The van der Waals surface area contributed by atoms with Crippen LogP contribution in [0.3, 0.4) is 0 Å². The predicted molar refractivity (Wildman–Crippen MR) is 84.3 cm³/mol. The fourth-order valence-electron chi connectivity index (χ4n) is 2.30. The summed E-state index contributed by atoms with van der Waals surface area (Å²) < 4.78 is 27.1. The van der Waals surface area contributed by atoms with E-state index in [1.165, 1.54) is 4.31 Å². The van der Waals surface area contributed by atoms with Crippen molar-refractivity contribution in [2.45, 2.75) is 11.0 Å². The molecule has 0 bridgehead atoms. The molecule has 0 saturated carbocycles. The molecule has 1 aliphatic rings. The zero-order chi connectivity index (χ0) is 16.2. The van der Waals surface area contributed by atoms with Gasteiger partial charge >= 0.3 is 0 Å². The van der Waals surface area contributed by atoms with Gasteiger partial charge in [0.05, 0.1) is 18.4 Å². The van der Waals surface area contributed by atoms with Crippen molar-refractivity contribution in [2.24, 2.45) is 0 Å². The maximum absolute atomic E-state index is 12.8. The Morgan fingerprint density at radius 1 is 1.23 bits per heavy atom. The molecule has 0 amide bonds. The highest BCUT2D eigenvalue weighted by molar-refractivity contribution is 7.89. The Hall–Kier alpha value is -1.19. The van der Waals surface area contributed by atoms with Gasteiger partial charge in [0.15, 0.2) is 0 Å². The van der Waals surface area contributed by atoms with Crippen molar-refractivity contribution in [2.75, 3.05) is 51.7 Å². The highest BCUT2D eigenvalue weighted by Crippen LogP contribution is 2.25. The predicted octanol–water partition coefficient (Wildman–Crippen LogP) is -0.612. The topological polar surface area (TPSA) is 93.1 Å². The molecule has 8 heteroatoms. The number of hydrogen-bond donors (Lipinski definition) is 3. The molecular formula is C14H23N3O4S. The normalized spacial score (nSPS) is 19.0. The lowest BCUT2D eigenvalue weighted by atomic mass is 10.3.